The summed E-state index contributed by atoms with van der Waals surface area (Å²) < 4.78 is 0. The standard InChI is InChI=1S/C9H8BrClO/c10-6-8-2-1-7(3-4-12)5-9(8)11/h1-2,4-5H,3,6H2. The Bertz CT molecular complexity index is 286. The fourth-order valence-electron chi connectivity index (χ4n) is 0.922. The monoisotopic (exact) mass is 246 g/mol. The molecule has 0 atom stereocenters. The number of aldehydes is 1. The van der Waals surface area contributed by atoms with E-state index in [0.29, 0.717) is 11.4 Å². The molecule has 0 radical (unpaired) electrons. The van der Waals surface area contributed by atoms with Crippen LogP contribution in [0.25, 0.3) is 0 Å². The molecule has 0 fully saturated rings. The summed E-state index contributed by atoms with van der Waals surface area (Å²) in [5, 5.41) is 1.46. The number of carbonyl (C=O) groups excluding carboxylic acids is 1. The zero-order valence-electron chi connectivity index (χ0n) is 6.39. The smallest absolute Gasteiger partial charge is 0.124 e. The Balaban J connectivity index is 2.93. The predicted octanol–water partition coefficient (Wildman–Crippen LogP) is 2.98. The lowest BCUT2D eigenvalue weighted by Gasteiger charge is -2.01. The van der Waals surface area contributed by atoms with Gasteiger partial charge in [-0.15, -0.1) is 0 Å². The third-order valence-corrected chi connectivity index (χ3v) is 2.54. The van der Waals surface area contributed by atoms with Crippen LogP contribution in [0.5, 0.6) is 0 Å². The van der Waals surface area contributed by atoms with Crippen LogP contribution in [0, 0.1) is 0 Å². The second-order valence-electron chi connectivity index (χ2n) is 2.43. The third kappa shape index (κ3) is 2.32. The highest BCUT2D eigenvalue weighted by Gasteiger charge is 1.99. The molecule has 0 bridgehead atoms. The minimum Gasteiger partial charge on any atom is -0.303 e. The first-order valence-electron chi connectivity index (χ1n) is 3.55. The zero-order valence-corrected chi connectivity index (χ0v) is 8.73. The van der Waals surface area contributed by atoms with Crippen LogP contribution in [0.3, 0.4) is 0 Å². The van der Waals surface area contributed by atoms with Crippen LogP contribution >= 0.6 is 27.5 Å². The van der Waals surface area contributed by atoms with Crippen molar-refractivity contribution in [3.8, 4) is 0 Å². The van der Waals surface area contributed by atoms with Crippen LogP contribution in [0.4, 0.5) is 0 Å². The highest BCUT2D eigenvalue weighted by molar-refractivity contribution is 9.08. The van der Waals surface area contributed by atoms with E-state index >= 15 is 0 Å². The second-order valence-corrected chi connectivity index (χ2v) is 3.40. The normalized spacial score (nSPS) is 9.83. The van der Waals surface area contributed by atoms with E-state index in [4.69, 9.17) is 11.6 Å². The summed E-state index contributed by atoms with van der Waals surface area (Å²) in [5.41, 5.74) is 2.01. The molecular weight excluding hydrogens is 239 g/mol. The fraction of sp³-hybridized carbons (Fsp3) is 0.222. The molecule has 0 heterocycles. The Morgan fingerprint density at radius 3 is 2.75 bits per heavy atom. The van der Waals surface area contributed by atoms with Gasteiger partial charge >= 0.3 is 0 Å². The van der Waals surface area contributed by atoms with Gasteiger partial charge < -0.3 is 4.79 Å². The molecule has 1 aromatic carbocycles. The van der Waals surface area contributed by atoms with Crippen molar-refractivity contribution in [1.82, 2.24) is 0 Å². The Morgan fingerprint density at radius 1 is 1.50 bits per heavy atom. The summed E-state index contributed by atoms with van der Waals surface area (Å²) in [6, 6.07) is 5.67. The van der Waals surface area contributed by atoms with Crippen LogP contribution in [0.2, 0.25) is 5.02 Å². The van der Waals surface area contributed by atoms with Crippen molar-refractivity contribution in [2.24, 2.45) is 0 Å². The first-order valence-corrected chi connectivity index (χ1v) is 5.04. The molecule has 0 unspecified atom stereocenters. The van der Waals surface area contributed by atoms with Crippen molar-refractivity contribution in [2.75, 3.05) is 0 Å². The van der Waals surface area contributed by atoms with Crippen LogP contribution in [-0.4, -0.2) is 6.29 Å². The largest absolute Gasteiger partial charge is 0.303 e. The van der Waals surface area contributed by atoms with Gasteiger partial charge in [-0.2, -0.15) is 0 Å². The lowest BCUT2D eigenvalue weighted by atomic mass is 10.1. The van der Waals surface area contributed by atoms with Gasteiger partial charge in [0.2, 0.25) is 0 Å². The molecule has 0 spiro atoms. The van der Waals surface area contributed by atoms with Crippen LogP contribution in [-0.2, 0) is 16.5 Å². The molecule has 1 nitrogen and oxygen atoms in total. The number of carbonyl (C=O) groups is 1. The maximum absolute atomic E-state index is 10.2. The zero-order chi connectivity index (χ0) is 8.97. The quantitative estimate of drug-likeness (QED) is 0.593. The Kier molecular flexibility index (Phi) is 3.76. The van der Waals surface area contributed by atoms with Gasteiger partial charge in [0.15, 0.2) is 0 Å². The maximum atomic E-state index is 10.2. The molecule has 0 saturated carbocycles. The molecule has 1 rings (SSSR count). The van der Waals surface area contributed by atoms with Crippen molar-refractivity contribution in [3.63, 3.8) is 0 Å². The van der Waals surface area contributed by atoms with Gasteiger partial charge in [0.05, 0.1) is 0 Å². The van der Waals surface area contributed by atoms with Crippen molar-refractivity contribution >= 4 is 33.8 Å². The highest BCUT2D eigenvalue weighted by atomic mass is 79.9. The molecule has 12 heavy (non-hydrogen) atoms. The van der Waals surface area contributed by atoms with E-state index in [1.165, 1.54) is 0 Å². The van der Waals surface area contributed by atoms with Crippen molar-refractivity contribution in [1.29, 1.82) is 0 Å². The van der Waals surface area contributed by atoms with Gasteiger partial charge in [0.1, 0.15) is 6.29 Å². The average Bonchev–Trinajstić information content (AvgIpc) is 2.05. The summed E-state index contributed by atoms with van der Waals surface area (Å²) in [5.74, 6) is 0. The van der Waals surface area contributed by atoms with Gasteiger partial charge in [0, 0.05) is 16.8 Å². The number of alkyl halides is 1. The minimum absolute atomic E-state index is 0.433. The van der Waals surface area contributed by atoms with Crippen molar-refractivity contribution in [3.05, 3.63) is 34.3 Å². The summed E-state index contributed by atoms with van der Waals surface area (Å²) >= 11 is 9.24. The van der Waals surface area contributed by atoms with Crippen LogP contribution < -0.4 is 0 Å². The summed E-state index contributed by atoms with van der Waals surface area (Å²) in [6.07, 6.45) is 1.31. The molecule has 0 aliphatic rings. The van der Waals surface area contributed by atoms with Crippen molar-refractivity contribution < 1.29 is 4.79 Å². The third-order valence-electron chi connectivity index (χ3n) is 1.58. The van der Waals surface area contributed by atoms with Gasteiger partial charge in [-0.25, -0.2) is 0 Å². The van der Waals surface area contributed by atoms with Gasteiger partial charge in [-0.3, -0.25) is 0 Å². The first kappa shape index (κ1) is 9.75. The van der Waals surface area contributed by atoms with Gasteiger partial charge in [0.25, 0.3) is 0 Å². The molecule has 1 aromatic rings. The van der Waals surface area contributed by atoms with Crippen LogP contribution in [0.15, 0.2) is 18.2 Å². The van der Waals surface area contributed by atoms with E-state index in [1.807, 2.05) is 18.2 Å². The Hall–Kier alpha value is -0.340. The topological polar surface area (TPSA) is 17.1 Å². The Labute approximate surface area is 84.9 Å². The number of hydrogen-bond acceptors (Lipinski definition) is 1. The molecule has 3 heteroatoms. The Morgan fingerprint density at radius 2 is 2.25 bits per heavy atom. The minimum atomic E-state index is 0.433. The lowest BCUT2D eigenvalue weighted by Crippen LogP contribution is -1.87. The summed E-state index contributed by atoms with van der Waals surface area (Å²) in [6.45, 7) is 0. The predicted molar refractivity (Wildman–Crippen MR) is 53.9 cm³/mol. The number of hydrogen-bond donors (Lipinski definition) is 0. The number of benzene rings is 1. The van der Waals surface area contributed by atoms with Crippen LogP contribution in [0.1, 0.15) is 11.1 Å². The molecule has 0 amide bonds. The van der Waals surface area contributed by atoms with Gasteiger partial charge in [-0.1, -0.05) is 39.7 Å². The SMILES string of the molecule is O=CCc1ccc(CBr)c(Cl)c1. The summed E-state index contributed by atoms with van der Waals surface area (Å²) in [7, 11) is 0. The molecule has 0 aliphatic carbocycles. The van der Waals surface area contributed by atoms with E-state index in [-0.39, 0.29) is 0 Å². The van der Waals surface area contributed by atoms with E-state index < -0.39 is 0 Å². The van der Waals surface area contributed by atoms with Crippen molar-refractivity contribution in [2.45, 2.75) is 11.8 Å². The lowest BCUT2D eigenvalue weighted by molar-refractivity contribution is -0.107. The maximum Gasteiger partial charge on any atom is 0.124 e. The molecule has 0 saturated heterocycles. The summed E-state index contributed by atoms with van der Waals surface area (Å²) in [4.78, 5) is 10.2. The molecule has 0 aliphatic heterocycles. The number of rotatable bonds is 3. The first-order chi connectivity index (χ1) is 5.77. The molecular formula is C9H8BrClO. The highest BCUT2D eigenvalue weighted by Crippen LogP contribution is 2.20. The average molecular weight is 248 g/mol. The number of halogens is 2. The second kappa shape index (κ2) is 4.63. The van der Waals surface area contributed by atoms with E-state index in [0.717, 1.165) is 22.7 Å². The molecule has 0 N–H and O–H groups in total. The van der Waals surface area contributed by atoms with E-state index in [9.17, 15) is 4.79 Å². The molecule has 0 aromatic heterocycles. The van der Waals surface area contributed by atoms with E-state index in [2.05, 4.69) is 15.9 Å². The fourth-order valence-corrected chi connectivity index (χ4v) is 1.84. The molecule has 64 valence electrons. The van der Waals surface area contributed by atoms with Gasteiger partial charge in [-0.05, 0) is 17.2 Å². The van der Waals surface area contributed by atoms with E-state index in [1.54, 1.807) is 0 Å².